The molecule has 19 heavy (non-hydrogen) atoms. The van der Waals surface area contributed by atoms with E-state index in [9.17, 15) is 4.79 Å². The molecule has 0 atom stereocenters. The molecule has 0 unspecified atom stereocenters. The zero-order valence-corrected chi connectivity index (χ0v) is 12.0. The minimum absolute atomic E-state index is 0.136. The molecule has 1 fully saturated rings. The molecule has 1 aliphatic carbocycles. The van der Waals surface area contributed by atoms with E-state index in [1.54, 1.807) is 18.2 Å². The molecule has 0 radical (unpaired) electrons. The van der Waals surface area contributed by atoms with Gasteiger partial charge >= 0.3 is 0 Å². The van der Waals surface area contributed by atoms with E-state index < -0.39 is 0 Å². The Labute approximate surface area is 121 Å². The summed E-state index contributed by atoms with van der Waals surface area (Å²) in [5.41, 5.74) is 3.42. The molecular formula is C13H14Cl2N2O2. The molecule has 102 valence electrons. The third-order valence-electron chi connectivity index (χ3n) is 2.78. The van der Waals surface area contributed by atoms with Gasteiger partial charge in [0, 0.05) is 10.7 Å². The van der Waals surface area contributed by atoms with Gasteiger partial charge in [0.2, 0.25) is 0 Å². The number of ether oxygens (including phenoxy) is 1. The second-order valence-electron chi connectivity index (χ2n) is 4.43. The van der Waals surface area contributed by atoms with Gasteiger partial charge in [-0.2, -0.15) is 5.10 Å². The second kappa shape index (κ2) is 6.26. The summed E-state index contributed by atoms with van der Waals surface area (Å²) in [6.45, 7) is 1.78. The highest BCUT2D eigenvalue weighted by Gasteiger charge is 2.24. The van der Waals surface area contributed by atoms with Crippen LogP contribution in [-0.4, -0.2) is 18.2 Å². The van der Waals surface area contributed by atoms with E-state index in [0.717, 1.165) is 18.6 Å². The Morgan fingerprint density at radius 1 is 1.47 bits per heavy atom. The standard InChI is InChI=1S/C13H14Cl2N2O2/c1-8(9-2-3-9)16-17-13(18)7-19-12-5-4-10(14)6-11(12)15/h4-6,9H,2-3,7H2,1H3,(H,17,18)/b16-8+. The maximum absolute atomic E-state index is 11.5. The summed E-state index contributed by atoms with van der Waals surface area (Å²) in [7, 11) is 0. The van der Waals surface area contributed by atoms with E-state index in [0.29, 0.717) is 21.7 Å². The number of nitrogens with one attached hydrogen (secondary N) is 1. The van der Waals surface area contributed by atoms with E-state index >= 15 is 0 Å². The number of hydrogen-bond acceptors (Lipinski definition) is 3. The third-order valence-corrected chi connectivity index (χ3v) is 3.31. The lowest BCUT2D eigenvalue weighted by molar-refractivity contribution is -0.123. The molecule has 1 aromatic rings. The molecule has 1 N–H and O–H groups in total. The molecule has 1 aliphatic rings. The second-order valence-corrected chi connectivity index (χ2v) is 5.27. The quantitative estimate of drug-likeness (QED) is 0.670. The highest BCUT2D eigenvalue weighted by Crippen LogP contribution is 2.30. The first-order valence-electron chi connectivity index (χ1n) is 5.97. The Kier molecular flexibility index (Phi) is 4.66. The molecule has 0 aliphatic heterocycles. The maximum atomic E-state index is 11.5. The summed E-state index contributed by atoms with van der Waals surface area (Å²) in [5, 5.41) is 4.91. The molecular weight excluding hydrogens is 287 g/mol. The minimum Gasteiger partial charge on any atom is -0.482 e. The lowest BCUT2D eigenvalue weighted by Crippen LogP contribution is -2.25. The smallest absolute Gasteiger partial charge is 0.277 e. The summed E-state index contributed by atoms with van der Waals surface area (Å²) in [6, 6.07) is 4.83. The van der Waals surface area contributed by atoms with Crippen molar-refractivity contribution in [1.29, 1.82) is 0 Å². The van der Waals surface area contributed by atoms with Crippen molar-refractivity contribution in [1.82, 2.24) is 5.43 Å². The molecule has 1 amide bonds. The van der Waals surface area contributed by atoms with Gasteiger partial charge in [-0.15, -0.1) is 0 Å². The van der Waals surface area contributed by atoms with Crippen LogP contribution in [-0.2, 0) is 4.79 Å². The van der Waals surface area contributed by atoms with Crippen molar-refractivity contribution in [3.8, 4) is 5.75 Å². The molecule has 0 spiro atoms. The van der Waals surface area contributed by atoms with Crippen LogP contribution in [0.4, 0.5) is 0 Å². The molecule has 2 rings (SSSR count). The van der Waals surface area contributed by atoms with Gasteiger partial charge in [0.1, 0.15) is 5.75 Å². The molecule has 6 heteroatoms. The fraction of sp³-hybridized carbons (Fsp3) is 0.385. The van der Waals surface area contributed by atoms with Gasteiger partial charge in [0.05, 0.1) is 5.02 Å². The number of carbonyl (C=O) groups excluding carboxylic acids is 1. The Balaban J connectivity index is 1.81. The van der Waals surface area contributed by atoms with Gasteiger partial charge in [-0.25, -0.2) is 5.43 Å². The largest absolute Gasteiger partial charge is 0.482 e. The van der Waals surface area contributed by atoms with Gasteiger partial charge in [0.25, 0.3) is 5.91 Å². The van der Waals surface area contributed by atoms with Gasteiger partial charge in [-0.05, 0) is 43.9 Å². The Hall–Kier alpha value is -1.26. The van der Waals surface area contributed by atoms with E-state index in [2.05, 4.69) is 10.5 Å². The number of hydrazone groups is 1. The lowest BCUT2D eigenvalue weighted by atomic mass is 10.3. The van der Waals surface area contributed by atoms with Crippen LogP contribution in [0, 0.1) is 5.92 Å². The number of rotatable bonds is 5. The first-order valence-corrected chi connectivity index (χ1v) is 6.72. The molecule has 0 heterocycles. The fourth-order valence-corrected chi connectivity index (χ4v) is 1.97. The van der Waals surface area contributed by atoms with E-state index in [1.165, 1.54) is 0 Å². The number of amides is 1. The van der Waals surface area contributed by atoms with Crippen molar-refractivity contribution < 1.29 is 9.53 Å². The number of nitrogens with zero attached hydrogens (tertiary/aromatic N) is 1. The van der Waals surface area contributed by atoms with Crippen LogP contribution >= 0.6 is 23.2 Å². The number of benzene rings is 1. The summed E-state index contributed by atoms with van der Waals surface area (Å²) in [4.78, 5) is 11.5. The minimum atomic E-state index is -0.314. The first kappa shape index (κ1) is 14.2. The third kappa shape index (κ3) is 4.40. The van der Waals surface area contributed by atoms with Crippen molar-refractivity contribution in [3.63, 3.8) is 0 Å². The van der Waals surface area contributed by atoms with Crippen LogP contribution in [0.3, 0.4) is 0 Å². The highest BCUT2D eigenvalue weighted by molar-refractivity contribution is 6.35. The van der Waals surface area contributed by atoms with E-state index in [1.807, 2.05) is 6.92 Å². The molecule has 0 bridgehead atoms. The Morgan fingerprint density at radius 3 is 2.84 bits per heavy atom. The van der Waals surface area contributed by atoms with Gasteiger partial charge in [-0.3, -0.25) is 4.79 Å². The summed E-state index contributed by atoms with van der Waals surface area (Å²) in [6.07, 6.45) is 2.31. The van der Waals surface area contributed by atoms with E-state index in [4.69, 9.17) is 27.9 Å². The predicted octanol–water partition coefficient (Wildman–Crippen LogP) is 3.27. The molecule has 0 aromatic heterocycles. The van der Waals surface area contributed by atoms with Gasteiger partial charge in [0.15, 0.2) is 6.61 Å². The van der Waals surface area contributed by atoms with Gasteiger partial charge in [-0.1, -0.05) is 23.2 Å². The fourth-order valence-electron chi connectivity index (χ4n) is 1.51. The van der Waals surface area contributed by atoms with Crippen molar-refractivity contribution in [2.75, 3.05) is 6.61 Å². The van der Waals surface area contributed by atoms with Gasteiger partial charge < -0.3 is 4.74 Å². The van der Waals surface area contributed by atoms with Crippen molar-refractivity contribution in [2.45, 2.75) is 19.8 Å². The van der Waals surface area contributed by atoms with Crippen molar-refractivity contribution in [2.24, 2.45) is 11.0 Å². The molecule has 1 saturated carbocycles. The first-order chi connectivity index (χ1) is 9.06. The predicted molar refractivity (Wildman–Crippen MR) is 75.9 cm³/mol. The molecule has 0 saturated heterocycles. The SMILES string of the molecule is C/C(=N\NC(=O)COc1ccc(Cl)cc1Cl)C1CC1. The van der Waals surface area contributed by atoms with Crippen LogP contribution in [0.15, 0.2) is 23.3 Å². The lowest BCUT2D eigenvalue weighted by Gasteiger charge is -2.07. The molecule has 1 aromatic carbocycles. The van der Waals surface area contributed by atoms with Crippen molar-refractivity contribution in [3.05, 3.63) is 28.2 Å². The van der Waals surface area contributed by atoms with Crippen LogP contribution in [0.1, 0.15) is 19.8 Å². The number of halogens is 2. The average molecular weight is 301 g/mol. The van der Waals surface area contributed by atoms with Crippen LogP contribution in [0.2, 0.25) is 10.0 Å². The highest BCUT2D eigenvalue weighted by atomic mass is 35.5. The van der Waals surface area contributed by atoms with Crippen molar-refractivity contribution >= 4 is 34.8 Å². The number of hydrogen-bond donors (Lipinski definition) is 1. The van der Waals surface area contributed by atoms with Crippen LogP contribution < -0.4 is 10.2 Å². The zero-order chi connectivity index (χ0) is 13.8. The molecule has 4 nitrogen and oxygen atoms in total. The summed E-state index contributed by atoms with van der Waals surface area (Å²) in [5.74, 6) is 0.641. The number of carbonyl (C=O) groups is 1. The Morgan fingerprint density at radius 2 is 2.21 bits per heavy atom. The topological polar surface area (TPSA) is 50.7 Å². The van der Waals surface area contributed by atoms with E-state index in [-0.39, 0.29) is 12.5 Å². The maximum Gasteiger partial charge on any atom is 0.277 e. The Bertz CT molecular complexity index is 513. The van der Waals surface area contributed by atoms with Crippen LogP contribution in [0.5, 0.6) is 5.75 Å². The van der Waals surface area contributed by atoms with Crippen LogP contribution in [0.25, 0.3) is 0 Å². The summed E-state index contributed by atoms with van der Waals surface area (Å²) < 4.78 is 5.29. The average Bonchev–Trinajstić information content (AvgIpc) is 3.19. The summed E-state index contributed by atoms with van der Waals surface area (Å²) >= 11 is 11.7. The normalized spacial score (nSPS) is 15.2. The monoisotopic (exact) mass is 300 g/mol. The zero-order valence-electron chi connectivity index (χ0n) is 10.5.